The molecule has 10 heteroatoms. The summed E-state index contributed by atoms with van der Waals surface area (Å²) >= 11 is 5.51. The van der Waals surface area contributed by atoms with E-state index in [-0.39, 0.29) is 0 Å². The number of thiophene rings is 3. The van der Waals surface area contributed by atoms with Gasteiger partial charge in [0.2, 0.25) is 11.9 Å². The Morgan fingerprint density at radius 3 is 1.37 bits per heavy atom. The molecule has 8 heterocycles. The highest BCUT2D eigenvalue weighted by Crippen LogP contribution is 2.53. The normalized spacial score (nSPS) is 12.4. The number of fused-ring (bicyclic) bond motifs is 33. The van der Waals surface area contributed by atoms with Gasteiger partial charge in [0.1, 0.15) is 16.8 Å². The second-order valence-electron chi connectivity index (χ2n) is 27.3. The van der Waals surface area contributed by atoms with Gasteiger partial charge in [-0.2, -0.15) is 0 Å². The first-order chi connectivity index (χ1) is 51.6. The van der Waals surface area contributed by atoms with Gasteiger partial charge in [0.15, 0.2) is 5.58 Å². The summed E-state index contributed by atoms with van der Waals surface area (Å²) in [5.74, 6) is 1.24. The number of furan rings is 1. The number of nitrogens with zero attached hydrogens (tertiary/aromatic N) is 6. The number of rotatable bonds is 6. The minimum absolute atomic E-state index is 0.588. The molecule has 0 saturated heterocycles. The van der Waals surface area contributed by atoms with Crippen LogP contribution in [-0.2, 0) is 0 Å². The Balaban J connectivity index is 0.691. The Labute approximate surface area is 603 Å². The molecular weight excluding hydrogens is 1330 g/mol. The molecule has 0 aliphatic carbocycles. The molecule has 480 valence electrons. The largest absolute Gasteiger partial charge is 0.451 e. The Kier molecular flexibility index (Phi) is 11.6. The Morgan fingerprint density at radius 2 is 0.702 bits per heavy atom. The lowest BCUT2D eigenvalue weighted by Crippen LogP contribution is -2.03. The van der Waals surface area contributed by atoms with Crippen LogP contribution in [0.5, 0.6) is 0 Å². The lowest BCUT2D eigenvalue weighted by Gasteiger charge is -2.13. The number of benzene rings is 16. The molecule has 0 amide bonds. The third-order valence-corrected chi connectivity index (χ3v) is 25.5. The van der Waals surface area contributed by atoms with Crippen LogP contribution in [0.2, 0.25) is 0 Å². The van der Waals surface area contributed by atoms with E-state index in [0.29, 0.717) is 17.5 Å². The van der Waals surface area contributed by atoms with Crippen molar-refractivity contribution in [1.82, 2.24) is 29.1 Å². The maximum absolute atomic E-state index is 7.16. The van der Waals surface area contributed by atoms with Crippen LogP contribution in [0.3, 0.4) is 0 Å². The zero-order valence-corrected chi connectivity index (χ0v) is 57.6. The molecule has 0 unspecified atom stereocenters. The number of hydrogen-bond acceptors (Lipinski definition) is 8. The molecule has 0 fully saturated rings. The Hall–Kier alpha value is -13.0. The van der Waals surface area contributed by atoms with Crippen molar-refractivity contribution >= 4 is 214 Å². The summed E-state index contributed by atoms with van der Waals surface area (Å²) in [7, 11) is 0. The molecule has 0 N–H and O–H groups in total. The van der Waals surface area contributed by atoms with E-state index < -0.39 is 0 Å². The Morgan fingerprint density at radius 1 is 0.240 bits per heavy atom. The van der Waals surface area contributed by atoms with Gasteiger partial charge in [-0.15, -0.1) is 34.0 Å². The standard InChI is InChI=1S/C94H50N6OS3/c1-2-22-54(23-3-1)82-92-84(80-61-29-8-6-27-59(61)60-28-7-11-32-65(60)89(80)104-92)98-94(96-82)100-73-38-17-13-34-67(73)77-71-50-56(46-47-64(71)79-69-36-15-19-40-75(69)103-91(79)86(77)100)52-43-41-51(42-44-52)55-24-20-25-57(49-55)81-88-83(70-48-45-53-21-4-5-26-58(53)87(70)101-88)97-93(95-81)99-72-37-16-12-33-66(72)76-62-30-9-10-31-63(62)78-68-35-14-18-39-74(68)102-90(78)85(76)99/h1-50H. The zero-order valence-electron chi connectivity index (χ0n) is 55.2. The fourth-order valence-corrected chi connectivity index (χ4v) is 21.2. The van der Waals surface area contributed by atoms with E-state index in [1.54, 1.807) is 0 Å². The van der Waals surface area contributed by atoms with Gasteiger partial charge in [-0.25, -0.2) is 19.9 Å². The predicted octanol–water partition coefficient (Wildman–Crippen LogP) is 26.9. The Bertz CT molecular complexity index is 7930. The smallest absolute Gasteiger partial charge is 0.236 e. The molecular formula is C94H50N6OS3. The highest BCUT2D eigenvalue weighted by molar-refractivity contribution is 7.28. The summed E-state index contributed by atoms with van der Waals surface area (Å²) in [5.41, 5.74) is 15.5. The van der Waals surface area contributed by atoms with E-state index in [9.17, 15) is 0 Å². The molecule has 0 radical (unpaired) electrons. The summed E-state index contributed by atoms with van der Waals surface area (Å²) in [5, 5.41) is 23.6. The van der Waals surface area contributed by atoms with Crippen LogP contribution < -0.4 is 0 Å². The van der Waals surface area contributed by atoms with Gasteiger partial charge < -0.3 is 4.42 Å². The maximum atomic E-state index is 7.16. The first kappa shape index (κ1) is 56.8. The van der Waals surface area contributed by atoms with Gasteiger partial charge in [0.25, 0.3) is 0 Å². The van der Waals surface area contributed by atoms with Crippen LogP contribution in [0.15, 0.2) is 308 Å². The third kappa shape index (κ3) is 7.82. The summed E-state index contributed by atoms with van der Waals surface area (Å²) in [6.45, 7) is 0. The molecule has 0 saturated carbocycles. The first-order valence-electron chi connectivity index (χ1n) is 35.1. The van der Waals surface area contributed by atoms with Gasteiger partial charge in [-0.05, 0) is 108 Å². The molecule has 0 aliphatic heterocycles. The second-order valence-corrected chi connectivity index (χ2v) is 30.5. The summed E-state index contributed by atoms with van der Waals surface area (Å²) in [6, 6.07) is 110. The van der Waals surface area contributed by atoms with E-state index in [0.717, 1.165) is 115 Å². The lowest BCUT2D eigenvalue weighted by atomic mass is 9.94. The average Bonchev–Trinajstić information content (AvgIpc) is 1.54. The van der Waals surface area contributed by atoms with Gasteiger partial charge in [0, 0.05) is 89.9 Å². The molecule has 0 aliphatic rings. The van der Waals surface area contributed by atoms with Gasteiger partial charge in [-0.1, -0.05) is 261 Å². The van der Waals surface area contributed by atoms with E-state index in [4.69, 9.17) is 24.4 Å². The highest BCUT2D eigenvalue weighted by Gasteiger charge is 2.29. The van der Waals surface area contributed by atoms with E-state index in [1.807, 2.05) is 34.0 Å². The number of para-hydroxylation sites is 2. The molecule has 0 atom stereocenters. The minimum Gasteiger partial charge on any atom is -0.451 e. The maximum Gasteiger partial charge on any atom is 0.236 e. The van der Waals surface area contributed by atoms with Gasteiger partial charge in [-0.3, -0.25) is 9.13 Å². The summed E-state index contributed by atoms with van der Waals surface area (Å²) in [4.78, 5) is 23.0. The van der Waals surface area contributed by atoms with Crippen molar-refractivity contribution in [2.45, 2.75) is 0 Å². The van der Waals surface area contributed by atoms with Gasteiger partial charge >= 0.3 is 0 Å². The van der Waals surface area contributed by atoms with Crippen molar-refractivity contribution in [1.29, 1.82) is 0 Å². The van der Waals surface area contributed by atoms with Crippen LogP contribution in [0.25, 0.3) is 237 Å². The van der Waals surface area contributed by atoms with Crippen LogP contribution >= 0.6 is 34.0 Å². The van der Waals surface area contributed by atoms with Crippen LogP contribution in [0, 0.1) is 0 Å². The highest BCUT2D eigenvalue weighted by atomic mass is 32.1. The monoisotopic (exact) mass is 1370 g/mol. The fraction of sp³-hybridized carbons (Fsp3) is 0. The SMILES string of the molecule is c1ccc(-c2nc(-n3c4ccccc4c4c5cc(-c6ccc(-c7cccc(-c8nc(-n9c%10ccccc%10c%10c%11ccccc%11c%11c%12ccccc%12sc%11c%109)nc9c8oc8c%10ccccc%10ccc98)c7)cc6)ccc5c5c6ccccc6sc5c43)nc3c2sc2c4ccccc4c4ccccc4c32)cc1. The summed E-state index contributed by atoms with van der Waals surface area (Å²) in [6.07, 6.45) is 0. The predicted molar refractivity (Wildman–Crippen MR) is 442 cm³/mol. The van der Waals surface area contributed by atoms with E-state index in [1.165, 1.54) is 104 Å². The summed E-state index contributed by atoms with van der Waals surface area (Å²) < 4.78 is 19.1. The van der Waals surface area contributed by atoms with Crippen molar-refractivity contribution in [3.8, 4) is 56.7 Å². The molecule has 0 spiro atoms. The van der Waals surface area contributed by atoms with Gasteiger partial charge in [0.05, 0.1) is 47.4 Å². The molecule has 0 bridgehead atoms. The van der Waals surface area contributed by atoms with E-state index in [2.05, 4.69) is 312 Å². The van der Waals surface area contributed by atoms with Crippen molar-refractivity contribution in [2.24, 2.45) is 0 Å². The third-order valence-electron chi connectivity index (χ3n) is 21.9. The second kappa shape index (κ2) is 21.3. The number of aromatic nitrogens is 6. The zero-order chi connectivity index (χ0) is 67.6. The van der Waals surface area contributed by atoms with Crippen molar-refractivity contribution in [3.63, 3.8) is 0 Å². The van der Waals surface area contributed by atoms with E-state index >= 15 is 0 Å². The molecule has 24 rings (SSSR count). The molecule has 16 aromatic carbocycles. The number of hydrogen-bond donors (Lipinski definition) is 0. The first-order valence-corrected chi connectivity index (χ1v) is 37.5. The van der Waals surface area contributed by atoms with Crippen molar-refractivity contribution < 1.29 is 4.42 Å². The quantitative estimate of drug-likeness (QED) is 0.155. The fourth-order valence-electron chi connectivity index (χ4n) is 17.4. The van der Waals surface area contributed by atoms with Crippen LogP contribution in [0.4, 0.5) is 0 Å². The minimum atomic E-state index is 0.588. The van der Waals surface area contributed by atoms with Crippen molar-refractivity contribution in [2.75, 3.05) is 0 Å². The molecule has 8 aromatic heterocycles. The average molecular weight is 1380 g/mol. The van der Waals surface area contributed by atoms with Crippen molar-refractivity contribution in [3.05, 3.63) is 303 Å². The molecule has 24 aromatic rings. The lowest BCUT2D eigenvalue weighted by molar-refractivity contribution is 0.670. The molecule has 7 nitrogen and oxygen atoms in total. The van der Waals surface area contributed by atoms with Crippen LogP contribution in [-0.4, -0.2) is 29.1 Å². The topological polar surface area (TPSA) is 74.6 Å². The molecule has 104 heavy (non-hydrogen) atoms. The van der Waals surface area contributed by atoms with Crippen LogP contribution in [0.1, 0.15) is 0 Å².